The lowest BCUT2D eigenvalue weighted by molar-refractivity contribution is -0.0623. The monoisotopic (exact) mass is 455 g/mol. The fourth-order valence-electron chi connectivity index (χ4n) is 3.34. The summed E-state index contributed by atoms with van der Waals surface area (Å²) in [5.74, 6) is -0.512. The highest BCUT2D eigenvalue weighted by atomic mass is 32.1. The molecule has 3 aromatic heterocycles. The number of nitrogens with zero attached hydrogens (tertiary/aromatic N) is 4. The maximum Gasteiger partial charge on any atom is 0.274 e. The van der Waals surface area contributed by atoms with Crippen LogP contribution in [-0.4, -0.2) is 51.4 Å². The number of rotatable bonds is 8. The van der Waals surface area contributed by atoms with Crippen LogP contribution in [0.1, 0.15) is 59.9 Å². The Balaban J connectivity index is 1.87. The van der Waals surface area contributed by atoms with Crippen molar-refractivity contribution in [2.45, 2.75) is 45.9 Å². The number of carbonyl (C=O) groups is 2. The Hall–Kier alpha value is -3.04. The number of carbonyl (C=O) groups excluding carboxylic acids is 2. The summed E-state index contributed by atoms with van der Waals surface area (Å²) >= 11 is 1.34. The van der Waals surface area contributed by atoms with Gasteiger partial charge in [0.1, 0.15) is 17.0 Å². The molecule has 0 atom stereocenters. The number of ether oxygens (including phenoxy) is 1. The van der Waals surface area contributed by atoms with Gasteiger partial charge in [-0.15, -0.1) is 11.3 Å². The zero-order chi connectivity index (χ0) is 23.5. The molecule has 0 aliphatic heterocycles. The van der Waals surface area contributed by atoms with Crippen molar-refractivity contribution in [3.63, 3.8) is 0 Å². The predicted molar refractivity (Wildman–Crippen MR) is 125 cm³/mol. The smallest absolute Gasteiger partial charge is 0.274 e. The van der Waals surface area contributed by atoms with Gasteiger partial charge in [0, 0.05) is 38.4 Å². The van der Waals surface area contributed by atoms with E-state index < -0.39 is 5.60 Å². The van der Waals surface area contributed by atoms with Crippen molar-refractivity contribution < 1.29 is 14.3 Å². The summed E-state index contributed by atoms with van der Waals surface area (Å²) in [6.07, 6.45) is 3.42. The summed E-state index contributed by atoms with van der Waals surface area (Å²) in [5.41, 5.74) is 1.93. The predicted octanol–water partition coefficient (Wildman–Crippen LogP) is 4.00. The summed E-state index contributed by atoms with van der Waals surface area (Å²) in [6.45, 7) is 8.21. The molecule has 170 valence electrons. The molecule has 0 radical (unpaired) electrons. The molecule has 0 aliphatic carbocycles. The highest BCUT2D eigenvalue weighted by Crippen LogP contribution is 2.29. The van der Waals surface area contributed by atoms with Crippen LogP contribution in [0.25, 0.3) is 0 Å². The highest BCUT2D eigenvalue weighted by Gasteiger charge is 2.27. The topological polar surface area (TPSA) is 89.4 Å². The Bertz CT molecular complexity index is 1090. The normalized spacial score (nSPS) is 11.6. The lowest BCUT2D eigenvalue weighted by Crippen LogP contribution is -2.27. The molecule has 1 N–H and O–H groups in total. The van der Waals surface area contributed by atoms with Crippen LogP contribution in [0, 0.1) is 0 Å². The Morgan fingerprint density at radius 3 is 2.44 bits per heavy atom. The second-order valence-electron chi connectivity index (χ2n) is 8.41. The first-order valence-electron chi connectivity index (χ1n) is 10.3. The van der Waals surface area contributed by atoms with Gasteiger partial charge in [0.05, 0.1) is 11.8 Å². The Morgan fingerprint density at radius 2 is 1.81 bits per heavy atom. The van der Waals surface area contributed by atoms with Crippen molar-refractivity contribution in [1.29, 1.82) is 0 Å². The molecule has 3 heterocycles. The van der Waals surface area contributed by atoms with Gasteiger partial charge in [-0.1, -0.05) is 0 Å². The quantitative estimate of drug-likeness (QED) is 0.555. The van der Waals surface area contributed by atoms with E-state index in [-0.39, 0.29) is 17.9 Å². The largest absolute Gasteiger partial charge is 0.367 e. The molecule has 0 spiro atoms. The van der Waals surface area contributed by atoms with Gasteiger partial charge >= 0.3 is 0 Å². The average molecular weight is 456 g/mol. The van der Waals surface area contributed by atoms with Crippen LogP contribution in [0.5, 0.6) is 0 Å². The number of thiazole rings is 1. The summed E-state index contributed by atoms with van der Waals surface area (Å²) in [6, 6.07) is 7.05. The first-order valence-corrected chi connectivity index (χ1v) is 11.2. The van der Waals surface area contributed by atoms with Crippen LogP contribution in [0.3, 0.4) is 0 Å². The van der Waals surface area contributed by atoms with Crippen molar-refractivity contribution in [2.24, 2.45) is 0 Å². The number of hydrogen-bond donors (Lipinski definition) is 1. The number of hydrogen-bond acceptors (Lipinski definition) is 6. The average Bonchev–Trinajstić information content (AvgIpc) is 3.35. The van der Waals surface area contributed by atoms with Gasteiger partial charge in [0.15, 0.2) is 5.13 Å². The molecule has 2 amide bonds. The molecule has 0 aromatic carbocycles. The number of anilines is 1. The molecule has 3 rings (SSSR count). The fraction of sp³-hybridized carbons (Fsp3) is 0.391. The Kier molecular flexibility index (Phi) is 7.10. The van der Waals surface area contributed by atoms with Gasteiger partial charge in [0.2, 0.25) is 0 Å². The van der Waals surface area contributed by atoms with Crippen LogP contribution in [0.4, 0.5) is 5.13 Å². The SMILES string of the molecule is CC(C)OC(C)(C)c1csc(NC(=O)c2ccc(C(=O)N(C)C)n2Cc2ccncc2)n1. The second-order valence-corrected chi connectivity index (χ2v) is 9.27. The van der Waals surface area contributed by atoms with Gasteiger partial charge in [0.25, 0.3) is 11.8 Å². The van der Waals surface area contributed by atoms with E-state index >= 15 is 0 Å². The molecule has 0 unspecified atom stereocenters. The van der Waals surface area contributed by atoms with Crippen LogP contribution < -0.4 is 5.32 Å². The maximum atomic E-state index is 13.1. The zero-order valence-electron chi connectivity index (χ0n) is 19.2. The number of nitrogens with one attached hydrogen (secondary N) is 1. The van der Waals surface area contributed by atoms with Crippen molar-refractivity contribution in [3.05, 3.63) is 64.7 Å². The maximum absolute atomic E-state index is 13.1. The minimum atomic E-state index is -0.569. The minimum Gasteiger partial charge on any atom is -0.367 e. The van der Waals surface area contributed by atoms with E-state index in [1.165, 1.54) is 16.2 Å². The first-order chi connectivity index (χ1) is 15.1. The van der Waals surface area contributed by atoms with Crippen molar-refractivity contribution in [2.75, 3.05) is 19.4 Å². The van der Waals surface area contributed by atoms with E-state index in [2.05, 4.69) is 15.3 Å². The number of pyridine rings is 1. The highest BCUT2D eigenvalue weighted by molar-refractivity contribution is 7.14. The third-order valence-corrected chi connectivity index (χ3v) is 5.56. The molecule has 0 saturated carbocycles. The Morgan fingerprint density at radius 1 is 1.16 bits per heavy atom. The molecule has 9 heteroatoms. The summed E-state index contributed by atoms with van der Waals surface area (Å²) < 4.78 is 7.66. The van der Waals surface area contributed by atoms with Gasteiger partial charge in [-0.05, 0) is 57.5 Å². The molecule has 0 saturated heterocycles. The minimum absolute atomic E-state index is 0.0499. The fourth-order valence-corrected chi connectivity index (χ4v) is 4.20. The van der Waals surface area contributed by atoms with E-state index in [0.717, 1.165) is 11.3 Å². The van der Waals surface area contributed by atoms with E-state index in [0.29, 0.717) is 23.1 Å². The standard InChI is InChI=1S/C23H29N5O3S/c1-15(2)31-23(3,4)19-14-32-22(25-19)26-20(29)17-7-8-18(21(30)27(5)6)28(17)13-16-9-11-24-12-10-16/h7-12,14-15H,13H2,1-6H3,(H,25,26,29). The molecule has 3 aromatic rings. The molecule has 0 bridgehead atoms. The van der Waals surface area contributed by atoms with Crippen LogP contribution in [0.15, 0.2) is 42.0 Å². The lowest BCUT2D eigenvalue weighted by Gasteiger charge is -2.25. The molecule has 8 nitrogen and oxygen atoms in total. The first kappa shape index (κ1) is 23.6. The van der Waals surface area contributed by atoms with Crippen molar-refractivity contribution in [1.82, 2.24) is 19.4 Å². The van der Waals surface area contributed by atoms with Crippen molar-refractivity contribution in [3.8, 4) is 0 Å². The van der Waals surface area contributed by atoms with E-state index in [1.807, 2.05) is 45.2 Å². The lowest BCUT2D eigenvalue weighted by atomic mass is 10.1. The third-order valence-electron chi connectivity index (χ3n) is 4.80. The van der Waals surface area contributed by atoms with Crippen molar-refractivity contribution >= 4 is 28.3 Å². The summed E-state index contributed by atoms with van der Waals surface area (Å²) in [4.78, 5) is 35.9. The van der Waals surface area contributed by atoms with E-state index in [9.17, 15) is 9.59 Å². The number of amides is 2. The molecular weight excluding hydrogens is 426 g/mol. The molecular formula is C23H29N5O3S. The van der Waals surface area contributed by atoms with Gasteiger partial charge in [-0.3, -0.25) is 19.9 Å². The zero-order valence-corrected chi connectivity index (χ0v) is 20.1. The van der Waals surface area contributed by atoms with Crippen LogP contribution in [-0.2, 0) is 16.9 Å². The van der Waals surface area contributed by atoms with Gasteiger partial charge in [-0.2, -0.15) is 0 Å². The van der Waals surface area contributed by atoms with Crippen LogP contribution in [0.2, 0.25) is 0 Å². The van der Waals surface area contributed by atoms with Gasteiger partial charge < -0.3 is 14.2 Å². The summed E-state index contributed by atoms with van der Waals surface area (Å²) in [5, 5.41) is 5.23. The van der Waals surface area contributed by atoms with E-state index in [1.54, 1.807) is 43.2 Å². The third kappa shape index (κ3) is 5.41. The Labute approximate surface area is 192 Å². The molecule has 0 aliphatic rings. The molecule has 32 heavy (non-hydrogen) atoms. The van der Waals surface area contributed by atoms with Crippen LogP contribution >= 0.6 is 11.3 Å². The molecule has 0 fully saturated rings. The van der Waals surface area contributed by atoms with E-state index in [4.69, 9.17) is 4.74 Å². The summed E-state index contributed by atoms with van der Waals surface area (Å²) in [7, 11) is 3.37. The number of aromatic nitrogens is 3. The second kappa shape index (κ2) is 9.62. The van der Waals surface area contributed by atoms with Gasteiger partial charge in [-0.25, -0.2) is 4.98 Å².